The third-order valence-electron chi connectivity index (χ3n) is 10.4. The number of aromatic hydroxyl groups is 1. The zero-order valence-corrected chi connectivity index (χ0v) is 26.2. The predicted octanol–water partition coefficient (Wildman–Crippen LogP) is 5.40. The monoisotopic (exact) mass is 626 g/mol. The fraction of sp³-hybridized carbons (Fsp3) is 0.515. The summed E-state index contributed by atoms with van der Waals surface area (Å²) in [6, 6.07) is 8.71. The summed E-state index contributed by atoms with van der Waals surface area (Å²) in [6.45, 7) is 5.07. The molecule has 2 heterocycles. The van der Waals surface area contributed by atoms with E-state index >= 15 is 0 Å². The second kappa shape index (κ2) is 11.5. The first-order valence-corrected chi connectivity index (χ1v) is 17.2. The third-order valence-corrected chi connectivity index (χ3v) is 12.6. The molecule has 1 saturated carbocycles. The molecule has 0 aromatic heterocycles. The highest BCUT2D eigenvalue weighted by molar-refractivity contribution is 7.90. The van der Waals surface area contributed by atoms with E-state index in [1.54, 1.807) is 31.2 Å². The number of halogens is 1. The molecule has 0 saturated heterocycles. The van der Waals surface area contributed by atoms with Gasteiger partial charge in [-0.05, 0) is 105 Å². The van der Waals surface area contributed by atoms with Crippen molar-refractivity contribution in [2.45, 2.75) is 63.0 Å². The van der Waals surface area contributed by atoms with E-state index in [1.807, 2.05) is 25.1 Å². The predicted molar refractivity (Wildman–Crippen MR) is 166 cm³/mol. The fourth-order valence-corrected chi connectivity index (χ4v) is 8.87. The van der Waals surface area contributed by atoms with Gasteiger partial charge >= 0.3 is 0 Å². The van der Waals surface area contributed by atoms with Crippen molar-refractivity contribution in [1.82, 2.24) is 4.72 Å². The molecule has 43 heavy (non-hydrogen) atoms. The number of phenolic OH excluding ortho intramolecular Hbond substituents is 1. The van der Waals surface area contributed by atoms with E-state index < -0.39 is 26.6 Å². The van der Waals surface area contributed by atoms with Gasteiger partial charge in [0.05, 0.1) is 22.6 Å². The van der Waals surface area contributed by atoms with E-state index in [4.69, 9.17) is 16.3 Å². The summed E-state index contributed by atoms with van der Waals surface area (Å²) >= 11 is 6.31. The maximum absolute atomic E-state index is 13.3. The van der Waals surface area contributed by atoms with Crippen molar-refractivity contribution in [3.8, 4) is 11.5 Å². The molecule has 0 unspecified atom stereocenters. The van der Waals surface area contributed by atoms with Crippen LogP contribution in [-0.2, 0) is 26.7 Å². The first kappa shape index (κ1) is 30.0. The van der Waals surface area contributed by atoms with Crippen LogP contribution in [0.1, 0.15) is 67.4 Å². The molecule has 2 aromatic rings. The van der Waals surface area contributed by atoms with Gasteiger partial charge in [-0.3, -0.25) is 4.79 Å². The third kappa shape index (κ3) is 5.55. The van der Waals surface area contributed by atoms with Gasteiger partial charge in [-0.25, -0.2) is 13.1 Å². The summed E-state index contributed by atoms with van der Waals surface area (Å²) in [4.78, 5) is 27.9. The summed E-state index contributed by atoms with van der Waals surface area (Å²) in [5.41, 5.74) is 2.65. The molecule has 1 spiro atoms. The number of nitrogens with one attached hydrogen (secondary N) is 1. The van der Waals surface area contributed by atoms with Gasteiger partial charge in [0.25, 0.3) is 5.91 Å². The van der Waals surface area contributed by atoms with Crippen LogP contribution in [-0.4, -0.2) is 50.7 Å². The lowest BCUT2D eigenvalue weighted by Gasteiger charge is -2.45. The first-order valence-electron chi connectivity index (χ1n) is 15.2. The Bertz CT molecular complexity index is 1580. The Kier molecular flexibility index (Phi) is 8.00. The minimum absolute atomic E-state index is 0.0415. The number of sulfonamides is 1. The van der Waals surface area contributed by atoms with Crippen LogP contribution in [0.25, 0.3) is 0 Å². The van der Waals surface area contributed by atoms with Crippen molar-refractivity contribution in [2.75, 3.05) is 24.6 Å². The number of nitrogens with zero attached hydrogens (tertiary/aromatic N) is 1. The van der Waals surface area contributed by atoms with Crippen molar-refractivity contribution in [2.24, 2.45) is 23.7 Å². The topological polar surface area (TPSA) is 113 Å². The van der Waals surface area contributed by atoms with E-state index in [0.29, 0.717) is 36.9 Å². The van der Waals surface area contributed by atoms with Crippen molar-refractivity contribution >= 4 is 39.5 Å². The number of carbonyl (C=O) groups is 2. The Morgan fingerprint density at radius 2 is 2.00 bits per heavy atom. The summed E-state index contributed by atoms with van der Waals surface area (Å²) in [5, 5.41) is 10.1. The van der Waals surface area contributed by atoms with Gasteiger partial charge in [-0.2, -0.15) is 0 Å². The van der Waals surface area contributed by atoms with E-state index in [9.17, 15) is 23.1 Å². The number of benzene rings is 2. The average molecular weight is 627 g/mol. The van der Waals surface area contributed by atoms with Crippen molar-refractivity contribution in [3.05, 3.63) is 64.2 Å². The number of aryl methyl sites for hydroxylation is 1. The quantitative estimate of drug-likeness (QED) is 0.322. The lowest BCUT2D eigenvalue weighted by atomic mass is 9.66. The van der Waals surface area contributed by atoms with Gasteiger partial charge in [0.2, 0.25) is 10.0 Å². The molecule has 2 bridgehead atoms. The zero-order valence-electron chi connectivity index (χ0n) is 24.6. The van der Waals surface area contributed by atoms with Gasteiger partial charge in [0.15, 0.2) is 0 Å². The number of amides is 1. The van der Waals surface area contributed by atoms with Crippen molar-refractivity contribution < 1.29 is 27.9 Å². The number of fused-ring (bicyclic) bond motifs is 4. The Balaban J connectivity index is 1.44. The van der Waals surface area contributed by atoms with Gasteiger partial charge < -0.3 is 19.5 Å². The van der Waals surface area contributed by atoms with E-state index in [0.717, 1.165) is 55.2 Å². The number of rotatable bonds is 1. The number of ether oxygens (including phenoxy) is 1. The number of phenols is 1. The molecule has 230 valence electrons. The van der Waals surface area contributed by atoms with Crippen LogP contribution in [0, 0.1) is 23.7 Å². The van der Waals surface area contributed by atoms with Crippen LogP contribution in [0.15, 0.2) is 42.5 Å². The van der Waals surface area contributed by atoms with Crippen LogP contribution in [0.3, 0.4) is 0 Å². The summed E-state index contributed by atoms with van der Waals surface area (Å²) in [6.07, 6.45) is 9.94. The lowest BCUT2D eigenvalue weighted by Crippen LogP contribution is -2.49. The number of carbonyl (C=O) groups excluding carboxylic acids is 2. The SMILES string of the molecule is C[C@@H]1[C@@H](C)C/C=C/[C@H](C=O)[C@@H]2CC[C@H]2CN2C[C@@]3(CCCc4cc(Cl)c(O)cc43)COc3ccc(cc32)C(=O)NS1(=O)=O. The molecular weight excluding hydrogens is 588 g/mol. The molecule has 1 fully saturated rings. The second-order valence-electron chi connectivity index (χ2n) is 13.0. The molecule has 6 atom stereocenters. The lowest BCUT2D eigenvalue weighted by molar-refractivity contribution is -0.112. The number of allylic oxidation sites excluding steroid dienone is 2. The summed E-state index contributed by atoms with van der Waals surface area (Å²) in [5.74, 6) is -0.0798. The smallest absolute Gasteiger partial charge is 0.264 e. The standard InChI is InChI=1S/C33H39ClN2O6S/c1-20-5-3-6-25(17-37)26-10-8-24(26)16-36-18-33(12-4-7-22-13-28(34)30(38)15-27(22)33)19-42-31-11-9-23(14-29(31)36)32(39)35-43(40,41)21(20)2/h3,6,9,11,13-15,17,20-21,24-26,38H,4-5,7-8,10,12,16,18-19H2,1-2H3,(H,35,39)/b6-3+/t20-,21+,24-,25+,26+,33-/m0/s1. The fourth-order valence-electron chi connectivity index (χ4n) is 7.40. The Morgan fingerprint density at radius 1 is 1.19 bits per heavy atom. The first-order chi connectivity index (χ1) is 20.5. The maximum Gasteiger partial charge on any atom is 0.264 e. The molecule has 0 radical (unpaired) electrons. The molecular formula is C33H39ClN2O6S. The Morgan fingerprint density at radius 3 is 2.74 bits per heavy atom. The van der Waals surface area contributed by atoms with Crippen LogP contribution in [0.4, 0.5) is 5.69 Å². The molecule has 1 amide bonds. The van der Waals surface area contributed by atoms with E-state index in [2.05, 4.69) is 9.62 Å². The highest BCUT2D eigenvalue weighted by Crippen LogP contribution is 2.48. The molecule has 2 aliphatic heterocycles. The molecule has 2 N–H and O–H groups in total. The molecule has 2 aromatic carbocycles. The normalized spacial score (nSPS) is 32.7. The molecule has 6 rings (SSSR count). The Labute approximate surface area is 258 Å². The molecule has 2 aliphatic carbocycles. The minimum Gasteiger partial charge on any atom is -0.506 e. The van der Waals surface area contributed by atoms with Crippen molar-refractivity contribution in [1.29, 1.82) is 0 Å². The largest absolute Gasteiger partial charge is 0.506 e. The second-order valence-corrected chi connectivity index (χ2v) is 15.4. The van der Waals surface area contributed by atoms with Crippen LogP contribution < -0.4 is 14.4 Å². The average Bonchev–Trinajstić information content (AvgIpc) is 3.11. The summed E-state index contributed by atoms with van der Waals surface area (Å²) in [7, 11) is -3.95. The number of hydrogen-bond acceptors (Lipinski definition) is 7. The van der Waals surface area contributed by atoms with Crippen LogP contribution in [0.5, 0.6) is 11.5 Å². The minimum atomic E-state index is -3.95. The van der Waals surface area contributed by atoms with Gasteiger partial charge in [-0.1, -0.05) is 30.7 Å². The highest BCUT2D eigenvalue weighted by Gasteiger charge is 2.44. The zero-order chi connectivity index (χ0) is 30.5. The van der Waals surface area contributed by atoms with Gasteiger partial charge in [0.1, 0.15) is 17.8 Å². The summed E-state index contributed by atoms with van der Waals surface area (Å²) < 4.78 is 35.1. The number of hydrogen-bond donors (Lipinski definition) is 2. The Hall–Kier alpha value is -3.04. The maximum atomic E-state index is 13.3. The van der Waals surface area contributed by atoms with Crippen LogP contribution >= 0.6 is 11.6 Å². The van der Waals surface area contributed by atoms with E-state index in [1.165, 1.54) is 0 Å². The molecule has 10 heteroatoms. The van der Waals surface area contributed by atoms with Gasteiger partial charge in [-0.15, -0.1) is 0 Å². The number of aldehydes is 1. The molecule has 4 aliphatic rings. The van der Waals surface area contributed by atoms with Crippen molar-refractivity contribution in [3.63, 3.8) is 0 Å². The van der Waals surface area contributed by atoms with Crippen LogP contribution in [0.2, 0.25) is 5.02 Å². The molecule has 8 nitrogen and oxygen atoms in total. The van der Waals surface area contributed by atoms with Gasteiger partial charge in [0, 0.05) is 30.0 Å². The number of anilines is 1. The van der Waals surface area contributed by atoms with E-state index in [-0.39, 0.29) is 35.0 Å². The highest BCUT2D eigenvalue weighted by atomic mass is 35.5.